The van der Waals surface area contributed by atoms with Crippen molar-refractivity contribution in [3.8, 4) is 29.4 Å². The molecule has 40 heavy (non-hydrogen) atoms. The van der Waals surface area contributed by atoms with Crippen LogP contribution in [-0.2, 0) is 22.7 Å². The second-order valence-corrected chi connectivity index (χ2v) is 9.82. The van der Waals surface area contributed by atoms with Crippen LogP contribution in [0.5, 0.6) is 5.75 Å². The smallest absolute Gasteiger partial charge is 0.343 e. The average Bonchev–Trinajstić information content (AvgIpc) is 2.99. The number of carbonyl (C=O) groups is 1. The Bertz CT molecular complexity index is 1520. The minimum absolute atomic E-state index is 0.0167. The van der Waals surface area contributed by atoms with Crippen LogP contribution in [0.25, 0.3) is 0 Å². The number of esters is 1. The molecule has 0 aliphatic heterocycles. The number of hydrogen-bond acceptors (Lipinski definition) is 7. The number of benzene rings is 3. The minimum Gasteiger partial charge on any atom is -0.482 e. The molecular weight excluding hydrogens is 522 g/mol. The molecule has 0 radical (unpaired) electrons. The van der Waals surface area contributed by atoms with Crippen LogP contribution in [0.15, 0.2) is 88.7 Å². The van der Waals surface area contributed by atoms with Crippen molar-refractivity contribution in [3.05, 3.63) is 118 Å². The van der Waals surface area contributed by atoms with E-state index in [4.69, 9.17) is 4.74 Å². The first-order valence-electron chi connectivity index (χ1n) is 12.4. The molecule has 1 heterocycles. The molecule has 0 unspecified atom stereocenters. The largest absolute Gasteiger partial charge is 0.482 e. The number of aliphatic hydroxyl groups excluding tert-OH is 2. The molecule has 0 saturated heterocycles. The molecule has 0 spiro atoms. The number of nitrogens with zero attached hydrogens (tertiary/aromatic N) is 1. The number of aromatic nitrogens is 1. The van der Waals surface area contributed by atoms with Crippen molar-refractivity contribution in [1.82, 2.24) is 4.98 Å². The minimum atomic E-state index is -0.439. The molecule has 1 aromatic heterocycles. The Balaban J connectivity index is 1.62. The summed E-state index contributed by atoms with van der Waals surface area (Å²) in [7, 11) is 1.32. The van der Waals surface area contributed by atoms with Crippen molar-refractivity contribution in [3.63, 3.8) is 0 Å². The van der Waals surface area contributed by atoms with Crippen LogP contribution in [0.2, 0.25) is 0 Å². The first-order valence-corrected chi connectivity index (χ1v) is 13.2. The summed E-state index contributed by atoms with van der Waals surface area (Å²) in [4.78, 5) is 18.0. The van der Waals surface area contributed by atoms with Crippen LogP contribution in [0.3, 0.4) is 0 Å². The summed E-state index contributed by atoms with van der Waals surface area (Å²) in [6, 6.07) is 24.4. The predicted molar refractivity (Wildman–Crippen MR) is 154 cm³/mol. The van der Waals surface area contributed by atoms with Crippen molar-refractivity contribution in [1.29, 1.82) is 0 Å². The third-order valence-electron chi connectivity index (χ3n) is 5.70. The molecule has 6 nitrogen and oxygen atoms in total. The highest BCUT2D eigenvalue weighted by Crippen LogP contribution is 2.32. The summed E-state index contributed by atoms with van der Waals surface area (Å²) in [6.45, 7) is 1.74. The molecule has 0 bridgehead atoms. The highest BCUT2D eigenvalue weighted by molar-refractivity contribution is 7.99. The zero-order chi connectivity index (χ0) is 28.3. The van der Waals surface area contributed by atoms with Gasteiger partial charge in [0.05, 0.1) is 20.3 Å². The zero-order valence-electron chi connectivity index (χ0n) is 22.1. The van der Waals surface area contributed by atoms with Gasteiger partial charge in [0, 0.05) is 20.9 Å². The van der Waals surface area contributed by atoms with Gasteiger partial charge in [-0.2, -0.15) is 0 Å². The SMILES string of the molecule is COC(=O)COc1ccc(Sc2cc(C#Cc3ccc(CO)cc3)nc(C#Cc3ccc(CO)cc3)c2)cc1C. The van der Waals surface area contributed by atoms with Crippen molar-refractivity contribution >= 4 is 17.7 Å². The molecule has 0 saturated carbocycles. The van der Waals surface area contributed by atoms with Gasteiger partial charge in [0.2, 0.25) is 0 Å². The molecule has 2 N–H and O–H groups in total. The van der Waals surface area contributed by atoms with Gasteiger partial charge >= 0.3 is 5.97 Å². The third kappa shape index (κ3) is 8.23. The Labute approximate surface area is 238 Å². The number of pyridine rings is 1. The fourth-order valence-corrected chi connectivity index (χ4v) is 4.52. The monoisotopic (exact) mass is 549 g/mol. The highest BCUT2D eigenvalue weighted by atomic mass is 32.2. The second kappa shape index (κ2) is 14.0. The van der Waals surface area contributed by atoms with Crippen molar-refractivity contribution in [2.24, 2.45) is 0 Å². The van der Waals surface area contributed by atoms with Crippen LogP contribution >= 0.6 is 11.8 Å². The first-order chi connectivity index (χ1) is 19.4. The van der Waals surface area contributed by atoms with Gasteiger partial charge in [-0.3, -0.25) is 0 Å². The maximum Gasteiger partial charge on any atom is 0.343 e. The number of carbonyl (C=O) groups excluding carboxylic acids is 1. The lowest BCUT2D eigenvalue weighted by molar-refractivity contribution is -0.142. The van der Waals surface area contributed by atoms with Crippen molar-refractivity contribution in [2.75, 3.05) is 13.7 Å². The van der Waals surface area contributed by atoms with Gasteiger partial charge in [-0.25, -0.2) is 9.78 Å². The van der Waals surface area contributed by atoms with Gasteiger partial charge < -0.3 is 19.7 Å². The van der Waals surface area contributed by atoms with E-state index >= 15 is 0 Å². The Morgan fingerprint density at radius 3 is 1.80 bits per heavy atom. The van der Waals surface area contributed by atoms with Crippen LogP contribution in [0, 0.1) is 30.6 Å². The van der Waals surface area contributed by atoms with Gasteiger partial charge in [0.15, 0.2) is 6.61 Å². The number of aryl methyl sites for hydroxylation is 1. The summed E-state index contributed by atoms with van der Waals surface area (Å²) >= 11 is 1.54. The van der Waals surface area contributed by atoms with E-state index in [0.29, 0.717) is 17.1 Å². The topological polar surface area (TPSA) is 88.9 Å². The van der Waals surface area contributed by atoms with Crippen molar-refractivity contribution in [2.45, 2.75) is 29.9 Å². The molecule has 3 aromatic carbocycles. The summed E-state index contributed by atoms with van der Waals surface area (Å²) in [5.41, 5.74) is 5.31. The third-order valence-corrected chi connectivity index (χ3v) is 6.66. The molecule has 0 amide bonds. The number of rotatable bonds is 7. The van der Waals surface area contributed by atoms with E-state index in [0.717, 1.165) is 37.6 Å². The number of hydrogen-bond donors (Lipinski definition) is 2. The molecule has 7 heteroatoms. The molecule has 200 valence electrons. The van der Waals surface area contributed by atoms with Crippen LogP contribution < -0.4 is 4.74 Å². The Hall–Kier alpha value is -4.53. The Kier molecular flexibility index (Phi) is 9.99. The Morgan fingerprint density at radius 2 is 1.32 bits per heavy atom. The normalized spacial score (nSPS) is 10.1. The van der Waals surface area contributed by atoms with Crippen molar-refractivity contribution < 1.29 is 24.5 Å². The van der Waals surface area contributed by atoms with E-state index < -0.39 is 5.97 Å². The fourth-order valence-electron chi connectivity index (χ4n) is 3.53. The van der Waals surface area contributed by atoms with Crippen LogP contribution in [0.4, 0.5) is 0 Å². The molecule has 0 aliphatic carbocycles. The quantitative estimate of drug-likeness (QED) is 0.251. The number of ether oxygens (including phenoxy) is 2. The summed E-state index contributed by atoms with van der Waals surface area (Å²) in [5, 5.41) is 18.5. The summed E-state index contributed by atoms with van der Waals surface area (Å²) in [6.07, 6.45) is 0. The standard InChI is InChI=1S/C33H27NO5S/c1-23-17-30(15-16-32(23)39-22-33(37)38-2)40-31-18-28(13-11-24-3-7-26(20-35)8-4-24)34-29(19-31)14-12-25-5-9-27(21-36)10-6-25/h3-10,15-19,35-36H,20-22H2,1-2H3. The van der Waals surface area contributed by atoms with Gasteiger partial charge in [-0.15, -0.1) is 0 Å². The molecule has 4 rings (SSSR count). The lowest BCUT2D eigenvalue weighted by atomic mass is 10.1. The molecule has 0 atom stereocenters. The van der Waals surface area contributed by atoms with E-state index in [-0.39, 0.29) is 19.8 Å². The van der Waals surface area contributed by atoms with Crippen LogP contribution in [-0.4, -0.2) is 34.9 Å². The van der Waals surface area contributed by atoms with E-state index in [1.54, 1.807) is 11.8 Å². The lowest BCUT2D eigenvalue weighted by Gasteiger charge is -2.10. The molecular formula is C33H27NO5S. The van der Waals surface area contributed by atoms with Gasteiger partial charge in [0.1, 0.15) is 17.1 Å². The molecule has 4 aromatic rings. The number of methoxy groups -OCH3 is 1. The van der Waals surface area contributed by atoms with Gasteiger partial charge in [-0.1, -0.05) is 47.9 Å². The van der Waals surface area contributed by atoms with Gasteiger partial charge in [0.25, 0.3) is 0 Å². The second-order valence-electron chi connectivity index (χ2n) is 8.68. The lowest BCUT2D eigenvalue weighted by Crippen LogP contribution is -2.12. The average molecular weight is 550 g/mol. The highest BCUT2D eigenvalue weighted by Gasteiger charge is 2.08. The summed E-state index contributed by atoms with van der Waals surface area (Å²) in [5.74, 6) is 12.7. The molecule has 0 aliphatic rings. The predicted octanol–water partition coefficient (Wildman–Crippen LogP) is 4.88. The summed E-state index contributed by atoms with van der Waals surface area (Å²) < 4.78 is 10.2. The maximum atomic E-state index is 11.4. The van der Waals surface area contributed by atoms with Crippen LogP contribution in [0.1, 0.15) is 39.2 Å². The van der Waals surface area contributed by atoms with E-state index in [1.807, 2.05) is 85.8 Å². The van der Waals surface area contributed by atoms with E-state index in [1.165, 1.54) is 7.11 Å². The molecule has 0 fully saturated rings. The van der Waals surface area contributed by atoms with E-state index in [9.17, 15) is 15.0 Å². The zero-order valence-corrected chi connectivity index (χ0v) is 22.9. The van der Waals surface area contributed by atoms with Gasteiger partial charge in [-0.05, 0) is 90.1 Å². The maximum absolute atomic E-state index is 11.4. The fraction of sp³-hybridized carbons (Fsp3) is 0.152. The number of aliphatic hydroxyl groups is 2. The Morgan fingerprint density at radius 1 is 0.775 bits per heavy atom. The van der Waals surface area contributed by atoms with E-state index in [2.05, 4.69) is 33.4 Å². The first kappa shape index (κ1) is 28.5.